The Morgan fingerprint density at radius 3 is 2.10 bits per heavy atom. The fourth-order valence-electron chi connectivity index (χ4n) is 5.82. The summed E-state index contributed by atoms with van der Waals surface area (Å²) >= 11 is 0. The zero-order chi connectivity index (χ0) is 24.2. The van der Waals surface area contributed by atoms with Gasteiger partial charge in [0.25, 0.3) is 0 Å². The molecule has 0 heterocycles. The van der Waals surface area contributed by atoms with E-state index in [1.807, 2.05) is 26.0 Å². The maximum atomic E-state index is 11.6. The zero-order valence-electron chi connectivity index (χ0n) is 20.4. The molecule has 0 radical (unpaired) electrons. The van der Waals surface area contributed by atoms with Gasteiger partial charge >= 0.3 is 0 Å². The van der Waals surface area contributed by atoms with Crippen molar-refractivity contribution < 1.29 is 4.79 Å². The Balaban J connectivity index is 0.000000637. The summed E-state index contributed by atoms with van der Waals surface area (Å²) in [5.41, 5.74) is 3.46. The van der Waals surface area contributed by atoms with Crippen molar-refractivity contribution in [2.45, 2.75) is 79.6 Å². The third-order valence-corrected chi connectivity index (χ3v) is 6.75. The van der Waals surface area contributed by atoms with Crippen LogP contribution in [0, 0.1) is 60.2 Å². The predicted molar refractivity (Wildman–Crippen MR) is 136 cm³/mol. The molecule has 0 saturated heterocycles. The highest BCUT2D eigenvalue weighted by Crippen LogP contribution is 2.60. The van der Waals surface area contributed by atoms with Gasteiger partial charge < -0.3 is 5.41 Å². The van der Waals surface area contributed by atoms with Gasteiger partial charge in [-0.15, -0.1) is 32.3 Å². The van der Waals surface area contributed by atoms with Crippen LogP contribution in [-0.4, -0.2) is 11.5 Å². The van der Waals surface area contributed by atoms with Crippen molar-refractivity contribution in [3.8, 4) is 25.7 Å². The molecule has 0 aromatic carbocycles. The van der Waals surface area contributed by atoms with Gasteiger partial charge in [-0.3, -0.25) is 4.79 Å². The number of hydrogen-bond acceptors (Lipinski definition) is 2. The van der Waals surface area contributed by atoms with Crippen molar-refractivity contribution >= 4 is 11.5 Å². The maximum absolute atomic E-state index is 11.6. The standard InChI is InChI=1S/C18H24O.C4H8.C3H7N.2C2H2/c1-18-10-9-14(19)11-13(18)6-7-16-15-4-2-3-12(15)5-8-17(16)18;1-4(2)3;1-3(2)4;2*1-2/h9-12,15-17H,2-8H2,1H3;1H2,2-3H3;4H,1-2H3;2*1-2H/t12-,15?,16?,17?,18?;;;;/m1..../s1. The van der Waals surface area contributed by atoms with Gasteiger partial charge in [-0.25, -0.2) is 0 Å². The highest BCUT2D eigenvalue weighted by atomic mass is 16.1. The molecule has 31 heavy (non-hydrogen) atoms. The maximum Gasteiger partial charge on any atom is 0.178 e. The Labute approximate surface area is 192 Å². The van der Waals surface area contributed by atoms with Crippen LogP contribution in [0.3, 0.4) is 0 Å². The first kappa shape index (κ1) is 28.7. The molecule has 4 rings (SSSR count). The van der Waals surface area contributed by atoms with Crippen molar-refractivity contribution in [2.75, 3.05) is 0 Å². The number of carbonyl (C=O) groups is 1. The first-order valence-electron chi connectivity index (χ1n) is 11.4. The summed E-state index contributed by atoms with van der Waals surface area (Å²) < 4.78 is 0. The van der Waals surface area contributed by atoms with Gasteiger partial charge in [0.2, 0.25) is 0 Å². The lowest BCUT2D eigenvalue weighted by atomic mass is 9.51. The van der Waals surface area contributed by atoms with E-state index in [0.717, 1.165) is 30.1 Å². The molecular formula is C29H43NO. The highest BCUT2D eigenvalue weighted by molar-refractivity contribution is 6.01. The van der Waals surface area contributed by atoms with E-state index >= 15 is 0 Å². The third kappa shape index (κ3) is 8.03. The van der Waals surface area contributed by atoms with Crippen LogP contribution in [0.2, 0.25) is 0 Å². The van der Waals surface area contributed by atoms with Crippen LogP contribution in [-0.2, 0) is 4.79 Å². The highest BCUT2D eigenvalue weighted by Gasteiger charge is 2.51. The lowest BCUT2D eigenvalue weighted by Crippen LogP contribution is -2.45. The van der Waals surface area contributed by atoms with E-state index in [1.54, 1.807) is 13.8 Å². The number of fused-ring (bicyclic) bond motifs is 5. The number of nitrogens with one attached hydrogen (secondary N) is 1. The summed E-state index contributed by atoms with van der Waals surface area (Å²) in [5.74, 6) is 3.98. The van der Waals surface area contributed by atoms with Crippen LogP contribution in [0.25, 0.3) is 0 Å². The Hall–Kier alpha value is -2.32. The molecule has 0 bridgehead atoms. The van der Waals surface area contributed by atoms with E-state index < -0.39 is 0 Å². The second kappa shape index (κ2) is 13.9. The Bertz CT molecular complexity index is 694. The van der Waals surface area contributed by atoms with E-state index in [2.05, 4.69) is 45.3 Å². The Morgan fingerprint density at radius 1 is 1.00 bits per heavy atom. The average molecular weight is 422 g/mol. The van der Waals surface area contributed by atoms with Gasteiger partial charge in [-0.1, -0.05) is 37.0 Å². The molecule has 4 aliphatic carbocycles. The number of rotatable bonds is 0. The summed E-state index contributed by atoms with van der Waals surface area (Å²) in [6, 6.07) is 0. The number of ketones is 1. The smallest absolute Gasteiger partial charge is 0.178 e. The van der Waals surface area contributed by atoms with E-state index in [0.29, 0.717) is 5.71 Å². The lowest BCUT2D eigenvalue weighted by Gasteiger charge is -2.53. The number of terminal acetylenes is 2. The van der Waals surface area contributed by atoms with Crippen LogP contribution in [0.4, 0.5) is 0 Å². The molecule has 3 fully saturated rings. The van der Waals surface area contributed by atoms with Crippen molar-refractivity contribution in [2.24, 2.45) is 29.1 Å². The second-order valence-electron chi connectivity index (χ2n) is 9.64. The van der Waals surface area contributed by atoms with Crippen LogP contribution in [0.15, 0.2) is 36.0 Å². The second-order valence-corrected chi connectivity index (χ2v) is 9.64. The van der Waals surface area contributed by atoms with E-state index in [4.69, 9.17) is 5.41 Å². The minimum Gasteiger partial charge on any atom is -0.310 e. The van der Waals surface area contributed by atoms with Crippen molar-refractivity contribution in [1.82, 2.24) is 0 Å². The van der Waals surface area contributed by atoms with Crippen LogP contribution in [0.1, 0.15) is 79.6 Å². The topological polar surface area (TPSA) is 40.9 Å². The first-order chi connectivity index (χ1) is 14.6. The molecule has 2 nitrogen and oxygen atoms in total. The molecule has 1 N–H and O–H groups in total. The Kier molecular flexibility index (Phi) is 12.8. The van der Waals surface area contributed by atoms with Crippen LogP contribution >= 0.6 is 0 Å². The fourth-order valence-corrected chi connectivity index (χ4v) is 5.82. The lowest BCUT2D eigenvalue weighted by molar-refractivity contribution is -0.110. The van der Waals surface area contributed by atoms with Crippen LogP contribution < -0.4 is 0 Å². The average Bonchev–Trinajstić information content (AvgIpc) is 3.20. The normalized spacial score (nSPS) is 31.4. The predicted octanol–water partition coefficient (Wildman–Crippen LogP) is 7.42. The number of hydrogen-bond donors (Lipinski definition) is 1. The summed E-state index contributed by atoms with van der Waals surface area (Å²) in [6.45, 7) is 13.4. The van der Waals surface area contributed by atoms with Gasteiger partial charge in [-0.2, -0.15) is 0 Å². The molecule has 0 aromatic heterocycles. The largest absolute Gasteiger partial charge is 0.310 e. The molecule has 0 amide bonds. The molecule has 3 saturated carbocycles. The van der Waals surface area contributed by atoms with Gasteiger partial charge in [0.15, 0.2) is 5.78 Å². The molecule has 170 valence electrons. The monoisotopic (exact) mass is 421 g/mol. The van der Waals surface area contributed by atoms with Crippen molar-refractivity contribution in [3.63, 3.8) is 0 Å². The van der Waals surface area contributed by atoms with Gasteiger partial charge in [0.05, 0.1) is 0 Å². The molecule has 0 aromatic rings. The van der Waals surface area contributed by atoms with E-state index in [9.17, 15) is 4.79 Å². The molecule has 0 spiro atoms. The SMILES string of the molecule is C#C.C#C.C=C(C)C.CC(C)=N.CC12C=CC(=O)C=C1CCC1C3CCC[C@@H]3CCC12. The molecular weight excluding hydrogens is 378 g/mol. The minimum absolute atomic E-state index is 0.199. The van der Waals surface area contributed by atoms with Gasteiger partial charge in [0.1, 0.15) is 0 Å². The summed E-state index contributed by atoms with van der Waals surface area (Å²) in [6.07, 6.45) is 31.8. The van der Waals surface area contributed by atoms with Crippen LogP contribution in [0.5, 0.6) is 0 Å². The number of carbonyl (C=O) groups excluding carboxylic acids is 1. The number of allylic oxidation sites excluding steroid dienone is 5. The zero-order valence-corrected chi connectivity index (χ0v) is 20.4. The quantitative estimate of drug-likeness (QED) is 0.247. The molecule has 2 heteroatoms. The van der Waals surface area contributed by atoms with Crippen molar-refractivity contribution in [3.05, 3.63) is 36.0 Å². The van der Waals surface area contributed by atoms with Crippen molar-refractivity contribution in [1.29, 1.82) is 5.41 Å². The molecule has 4 aliphatic rings. The third-order valence-electron chi connectivity index (χ3n) is 6.75. The summed E-state index contributed by atoms with van der Waals surface area (Å²) in [5, 5.41) is 6.50. The van der Waals surface area contributed by atoms with E-state index in [-0.39, 0.29) is 11.2 Å². The Morgan fingerprint density at radius 2 is 1.55 bits per heavy atom. The molecule has 0 aliphatic heterocycles. The molecule has 4 unspecified atom stereocenters. The van der Waals surface area contributed by atoms with E-state index in [1.165, 1.54) is 49.7 Å². The minimum atomic E-state index is 0.199. The van der Waals surface area contributed by atoms with Gasteiger partial charge in [-0.05, 0) is 95.6 Å². The van der Waals surface area contributed by atoms with Gasteiger partial charge in [0, 0.05) is 11.1 Å². The molecule has 5 atom stereocenters. The first-order valence-corrected chi connectivity index (χ1v) is 11.4. The fraction of sp³-hybridized carbons (Fsp3) is 0.586. The summed E-state index contributed by atoms with van der Waals surface area (Å²) in [4.78, 5) is 11.6. The summed E-state index contributed by atoms with van der Waals surface area (Å²) in [7, 11) is 0.